The molecule has 8 heteroatoms. The van der Waals surface area contributed by atoms with Gasteiger partial charge in [0.1, 0.15) is 0 Å². The van der Waals surface area contributed by atoms with E-state index in [1.54, 1.807) is 0 Å². The van der Waals surface area contributed by atoms with Gasteiger partial charge in [-0.3, -0.25) is 0 Å². The lowest BCUT2D eigenvalue weighted by atomic mass is 9.94. The van der Waals surface area contributed by atoms with Crippen LogP contribution in [0, 0.1) is 11.8 Å². The van der Waals surface area contributed by atoms with Gasteiger partial charge in [0.25, 0.3) is 0 Å². The molecule has 3 N–H and O–H groups in total. The van der Waals surface area contributed by atoms with Crippen LogP contribution in [0.15, 0.2) is 58.3 Å². The standard InChI is InChI=1S/C20H28N2O4S2/c1-14(2)12-16-8-10-17(11-9-16)20(15(3)4)22-28(25,26)19-7-5-6-18(13-19)27(21,23)24/h5-11,13-15,20,22H,12H2,1-4H3,(H2,21,23,24). The highest BCUT2D eigenvalue weighted by molar-refractivity contribution is 7.90. The lowest BCUT2D eigenvalue weighted by molar-refractivity contribution is 0.463. The molecule has 0 aromatic heterocycles. The smallest absolute Gasteiger partial charge is 0.225 e. The number of rotatable bonds is 8. The first-order valence-corrected chi connectivity index (χ1v) is 12.2. The van der Waals surface area contributed by atoms with E-state index in [9.17, 15) is 16.8 Å². The Labute approximate surface area is 168 Å². The van der Waals surface area contributed by atoms with Crippen LogP contribution in [0.5, 0.6) is 0 Å². The zero-order valence-corrected chi connectivity index (χ0v) is 18.2. The molecule has 0 amide bonds. The van der Waals surface area contributed by atoms with Crippen LogP contribution in [0.1, 0.15) is 44.9 Å². The third-order valence-electron chi connectivity index (χ3n) is 4.38. The van der Waals surface area contributed by atoms with E-state index < -0.39 is 26.1 Å². The summed E-state index contributed by atoms with van der Waals surface area (Å²) in [5.41, 5.74) is 2.05. The van der Waals surface area contributed by atoms with Gasteiger partial charge in [0.15, 0.2) is 0 Å². The first kappa shape index (κ1) is 22.5. The fraction of sp³-hybridized carbons (Fsp3) is 0.400. The molecule has 2 aromatic rings. The van der Waals surface area contributed by atoms with Gasteiger partial charge in [-0.15, -0.1) is 0 Å². The second kappa shape index (κ2) is 8.73. The Morgan fingerprint density at radius 2 is 1.46 bits per heavy atom. The molecule has 6 nitrogen and oxygen atoms in total. The number of nitrogens with two attached hydrogens (primary N) is 1. The van der Waals surface area contributed by atoms with E-state index in [1.807, 2.05) is 38.1 Å². The molecule has 0 fully saturated rings. The van der Waals surface area contributed by atoms with Crippen molar-refractivity contribution in [2.45, 2.75) is 49.9 Å². The molecule has 0 aliphatic rings. The quantitative estimate of drug-likeness (QED) is 0.678. The fourth-order valence-electron chi connectivity index (χ4n) is 2.98. The van der Waals surface area contributed by atoms with Crippen LogP contribution in [0.4, 0.5) is 0 Å². The van der Waals surface area contributed by atoms with Crippen molar-refractivity contribution in [3.63, 3.8) is 0 Å². The van der Waals surface area contributed by atoms with Gasteiger partial charge in [-0.2, -0.15) is 0 Å². The maximum absolute atomic E-state index is 12.9. The monoisotopic (exact) mass is 424 g/mol. The second-order valence-electron chi connectivity index (χ2n) is 7.70. The molecule has 28 heavy (non-hydrogen) atoms. The number of hydrogen-bond acceptors (Lipinski definition) is 4. The highest BCUT2D eigenvalue weighted by atomic mass is 32.2. The summed E-state index contributed by atoms with van der Waals surface area (Å²) in [7, 11) is -7.92. The van der Waals surface area contributed by atoms with E-state index >= 15 is 0 Å². The summed E-state index contributed by atoms with van der Waals surface area (Å²) < 4.78 is 51.5. The van der Waals surface area contributed by atoms with Gasteiger partial charge in [-0.25, -0.2) is 26.7 Å². The minimum absolute atomic E-state index is 0.00727. The van der Waals surface area contributed by atoms with Gasteiger partial charge in [0.05, 0.1) is 9.79 Å². The third-order valence-corrected chi connectivity index (χ3v) is 6.73. The van der Waals surface area contributed by atoms with Crippen molar-refractivity contribution in [1.82, 2.24) is 4.72 Å². The Bertz CT molecular complexity index is 1010. The topological polar surface area (TPSA) is 106 Å². The third kappa shape index (κ3) is 5.88. The van der Waals surface area contributed by atoms with Crippen molar-refractivity contribution in [3.05, 3.63) is 59.7 Å². The lowest BCUT2D eigenvalue weighted by Crippen LogP contribution is -2.32. The minimum Gasteiger partial charge on any atom is -0.225 e. The fourth-order valence-corrected chi connectivity index (χ4v) is 5.03. The molecular formula is C20H28N2O4S2. The summed E-state index contributed by atoms with van der Waals surface area (Å²) >= 11 is 0. The Balaban J connectivity index is 2.33. The maximum atomic E-state index is 12.9. The number of primary sulfonamides is 1. The molecule has 0 heterocycles. The largest absolute Gasteiger partial charge is 0.241 e. The Hall–Kier alpha value is -1.74. The first-order chi connectivity index (χ1) is 12.9. The molecule has 0 radical (unpaired) electrons. The average Bonchev–Trinajstić information content (AvgIpc) is 2.59. The van der Waals surface area contributed by atoms with Crippen molar-refractivity contribution in [3.8, 4) is 0 Å². The molecule has 0 saturated carbocycles. The molecule has 1 atom stereocenters. The number of benzene rings is 2. The predicted molar refractivity (Wildman–Crippen MR) is 111 cm³/mol. The SMILES string of the molecule is CC(C)Cc1ccc(C(NS(=O)(=O)c2cccc(S(N)(=O)=O)c2)C(C)C)cc1. The molecule has 154 valence electrons. The summed E-state index contributed by atoms with van der Waals surface area (Å²) in [6, 6.07) is 12.5. The van der Waals surface area contributed by atoms with Crippen LogP contribution in [0.2, 0.25) is 0 Å². The Kier molecular flexibility index (Phi) is 7.03. The van der Waals surface area contributed by atoms with Crippen LogP contribution >= 0.6 is 0 Å². The number of nitrogens with one attached hydrogen (secondary N) is 1. The van der Waals surface area contributed by atoms with E-state index in [1.165, 1.54) is 23.8 Å². The number of hydrogen-bond donors (Lipinski definition) is 2. The van der Waals surface area contributed by atoms with Crippen LogP contribution < -0.4 is 9.86 Å². The van der Waals surface area contributed by atoms with Crippen LogP contribution in [-0.4, -0.2) is 16.8 Å². The van der Waals surface area contributed by atoms with Crippen LogP contribution in [0.3, 0.4) is 0 Å². The van der Waals surface area contributed by atoms with E-state index in [0.29, 0.717) is 5.92 Å². The zero-order chi connectivity index (χ0) is 21.1. The summed E-state index contributed by atoms with van der Waals surface area (Å²) in [5, 5.41) is 5.11. The first-order valence-electron chi connectivity index (χ1n) is 9.14. The molecule has 1 unspecified atom stereocenters. The van der Waals surface area contributed by atoms with Gasteiger partial charge < -0.3 is 0 Å². The average molecular weight is 425 g/mol. The molecule has 0 aliphatic heterocycles. The molecule has 0 saturated heterocycles. The second-order valence-corrected chi connectivity index (χ2v) is 11.0. The summed E-state index contributed by atoms with van der Waals surface area (Å²) in [4.78, 5) is -0.379. The highest BCUT2D eigenvalue weighted by Crippen LogP contribution is 2.26. The van der Waals surface area contributed by atoms with E-state index in [0.717, 1.165) is 18.1 Å². The van der Waals surface area contributed by atoms with Crippen LogP contribution in [-0.2, 0) is 26.5 Å². The lowest BCUT2D eigenvalue weighted by Gasteiger charge is -2.23. The summed E-state index contributed by atoms with van der Waals surface area (Å²) in [6.45, 7) is 8.15. The molecule has 0 spiro atoms. The van der Waals surface area contributed by atoms with E-state index in [2.05, 4.69) is 18.6 Å². The van der Waals surface area contributed by atoms with Gasteiger partial charge in [-0.05, 0) is 47.6 Å². The van der Waals surface area contributed by atoms with Crippen molar-refractivity contribution < 1.29 is 16.8 Å². The van der Waals surface area contributed by atoms with Gasteiger partial charge in [0.2, 0.25) is 20.0 Å². The normalized spacial score (nSPS) is 13.8. The zero-order valence-electron chi connectivity index (χ0n) is 16.6. The molecule has 0 bridgehead atoms. The highest BCUT2D eigenvalue weighted by Gasteiger charge is 2.25. The molecule has 2 rings (SSSR count). The van der Waals surface area contributed by atoms with Crippen molar-refractivity contribution in [2.75, 3.05) is 0 Å². The molecule has 2 aromatic carbocycles. The summed E-state index contributed by atoms with van der Waals surface area (Å²) in [6.07, 6.45) is 0.957. The molecule has 0 aliphatic carbocycles. The van der Waals surface area contributed by atoms with Gasteiger partial charge in [0, 0.05) is 6.04 Å². The van der Waals surface area contributed by atoms with E-state index in [4.69, 9.17) is 5.14 Å². The van der Waals surface area contributed by atoms with Crippen molar-refractivity contribution >= 4 is 20.0 Å². The van der Waals surface area contributed by atoms with Crippen molar-refractivity contribution in [1.29, 1.82) is 0 Å². The maximum Gasteiger partial charge on any atom is 0.241 e. The predicted octanol–water partition coefficient (Wildman–Crippen LogP) is 3.21. The Morgan fingerprint density at radius 3 is 1.96 bits per heavy atom. The molecular weight excluding hydrogens is 396 g/mol. The Morgan fingerprint density at radius 1 is 0.893 bits per heavy atom. The van der Waals surface area contributed by atoms with E-state index in [-0.39, 0.29) is 15.7 Å². The van der Waals surface area contributed by atoms with Gasteiger partial charge in [-0.1, -0.05) is 58.0 Å². The van der Waals surface area contributed by atoms with Crippen molar-refractivity contribution in [2.24, 2.45) is 17.0 Å². The van der Waals surface area contributed by atoms with Crippen LogP contribution in [0.25, 0.3) is 0 Å². The minimum atomic E-state index is -3.99. The van der Waals surface area contributed by atoms with Gasteiger partial charge >= 0.3 is 0 Å². The summed E-state index contributed by atoms with van der Waals surface area (Å²) in [5.74, 6) is 0.531. The number of sulfonamides is 2.